The highest BCUT2D eigenvalue weighted by Gasteiger charge is 2.44. The van der Waals surface area contributed by atoms with Crippen LogP contribution in [0.5, 0.6) is 0 Å². The van der Waals surface area contributed by atoms with Crippen molar-refractivity contribution in [2.75, 3.05) is 25.8 Å². The standard InChI is InChI=1S/C14H24ClNO5/c1-10(11(17)19-9-15)6-20-14(5)7-16(8-14)12(18)21-13(2,3)4/h10H,6-9H2,1-5H3. The summed E-state index contributed by atoms with van der Waals surface area (Å²) >= 11 is 5.33. The summed E-state index contributed by atoms with van der Waals surface area (Å²) < 4.78 is 15.7. The molecule has 1 atom stereocenters. The number of esters is 1. The Labute approximate surface area is 130 Å². The van der Waals surface area contributed by atoms with Gasteiger partial charge in [-0.3, -0.25) is 4.79 Å². The molecule has 7 heteroatoms. The molecule has 0 aliphatic carbocycles. The maximum atomic E-state index is 11.8. The molecule has 0 N–H and O–H groups in total. The van der Waals surface area contributed by atoms with E-state index in [1.54, 1.807) is 11.8 Å². The number of carbonyl (C=O) groups excluding carboxylic acids is 2. The Balaban J connectivity index is 2.33. The lowest BCUT2D eigenvalue weighted by molar-refractivity contribution is -0.159. The number of nitrogens with zero attached hydrogens (tertiary/aromatic N) is 1. The monoisotopic (exact) mass is 321 g/mol. The molecule has 0 aromatic heterocycles. The molecule has 0 bridgehead atoms. The minimum Gasteiger partial charge on any atom is -0.449 e. The molecule has 1 saturated heterocycles. The van der Waals surface area contributed by atoms with Crippen LogP contribution in [0.3, 0.4) is 0 Å². The van der Waals surface area contributed by atoms with Crippen LogP contribution in [0.25, 0.3) is 0 Å². The van der Waals surface area contributed by atoms with Gasteiger partial charge in [-0.25, -0.2) is 4.79 Å². The van der Waals surface area contributed by atoms with Crippen LogP contribution in [0.1, 0.15) is 34.6 Å². The van der Waals surface area contributed by atoms with Crippen molar-refractivity contribution in [2.45, 2.75) is 45.8 Å². The number of alkyl halides is 1. The van der Waals surface area contributed by atoms with Gasteiger partial charge in [-0.1, -0.05) is 11.6 Å². The Hall–Kier alpha value is -1.01. The predicted octanol–water partition coefficient (Wildman–Crippen LogP) is 2.39. The van der Waals surface area contributed by atoms with E-state index in [-0.39, 0.29) is 18.8 Å². The number of likely N-dealkylation sites (tertiary alicyclic amines) is 1. The fraction of sp³-hybridized carbons (Fsp3) is 0.857. The summed E-state index contributed by atoms with van der Waals surface area (Å²) in [4.78, 5) is 24.8. The lowest BCUT2D eigenvalue weighted by atomic mass is 9.97. The molecule has 6 nitrogen and oxygen atoms in total. The number of amides is 1. The summed E-state index contributed by atoms with van der Waals surface area (Å²) in [5.74, 6) is -0.784. The number of hydrogen-bond donors (Lipinski definition) is 0. The molecule has 1 amide bonds. The number of ether oxygens (including phenoxy) is 3. The van der Waals surface area contributed by atoms with Crippen LogP contribution in [-0.4, -0.2) is 53.9 Å². The van der Waals surface area contributed by atoms with Gasteiger partial charge < -0.3 is 19.1 Å². The van der Waals surface area contributed by atoms with E-state index in [4.69, 9.17) is 25.8 Å². The van der Waals surface area contributed by atoms with Crippen molar-refractivity contribution < 1.29 is 23.8 Å². The fourth-order valence-electron chi connectivity index (χ4n) is 1.90. The smallest absolute Gasteiger partial charge is 0.410 e. The van der Waals surface area contributed by atoms with Crippen molar-refractivity contribution in [3.05, 3.63) is 0 Å². The molecule has 21 heavy (non-hydrogen) atoms. The first-order valence-corrected chi connectivity index (χ1v) is 7.44. The third kappa shape index (κ3) is 5.71. The van der Waals surface area contributed by atoms with Gasteiger partial charge in [0.05, 0.1) is 25.6 Å². The molecular weight excluding hydrogens is 298 g/mol. The summed E-state index contributed by atoms with van der Waals surface area (Å²) in [6, 6.07) is -0.160. The van der Waals surface area contributed by atoms with E-state index in [9.17, 15) is 9.59 Å². The lowest BCUT2D eigenvalue weighted by Crippen LogP contribution is -2.64. The summed E-state index contributed by atoms with van der Waals surface area (Å²) in [7, 11) is 0. The summed E-state index contributed by atoms with van der Waals surface area (Å²) in [5, 5.41) is 0. The SMILES string of the molecule is CC(COC1(C)CN(C(=O)OC(C)(C)C)C1)C(=O)OCCl. The second-order valence-electron chi connectivity index (χ2n) is 6.57. The molecule has 122 valence electrons. The van der Waals surface area contributed by atoms with Gasteiger partial charge in [0.2, 0.25) is 0 Å². The summed E-state index contributed by atoms with van der Waals surface area (Å²) in [5.41, 5.74) is -0.962. The largest absolute Gasteiger partial charge is 0.449 e. The Bertz CT molecular complexity index is 387. The number of rotatable bonds is 5. The molecule has 0 aromatic carbocycles. The van der Waals surface area contributed by atoms with Crippen molar-refractivity contribution in [1.82, 2.24) is 4.90 Å². The van der Waals surface area contributed by atoms with Crippen molar-refractivity contribution in [3.8, 4) is 0 Å². The molecule has 0 aromatic rings. The Morgan fingerprint density at radius 2 is 1.90 bits per heavy atom. The maximum Gasteiger partial charge on any atom is 0.410 e. The van der Waals surface area contributed by atoms with Gasteiger partial charge in [0.15, 0.2) is 6.07 Å². The van der Waals surface area contributed by atoms with Gasteiger partial charge in [-0.05, 0) is 34.6 Å². The molecule has 0 saturated carbocycles. The quantitative estimate of drug-likeness (QED) is 0.574. The molecule has 1 rings (SSSR count). The van der Waals surface area contributed by atoms with Gasteiger partial charge in [0.1, 0.15) is 11.2 Å². The highest BCUT2D eigenvalue weighted by Crippen LogP contribution is 2.27. The third-order valence-corrected chi connectivity index (χ3v) is 3.09. The molecule has 0 radical (unpaired) electrons. The van der Waals surface area contributed by atoms with Crippen molar-refractivity contribution in [3.63, 3.8) is 0 Å². The van der Waals surface area contributed by atoms with Crippen LogP contribution in [0, 0.1) is 5.92 Å². The lowest BCUT2D eigenvalue weighted by Gasteiger charge is -2.47. The highest BCUT2D eigenvalue weighted by molar-refractivity contribution is 6.17. The molecule has 1 aliphatic heterocycles. The molecule has 1 aliphatic rings. The van der Waals surface area contributed by atoms with Gasteiger partial charge >= 0.3 is 12.1 Å². The van der Waals surface area contributed by atoms with Crippen LogP contribution in [0.15, 0.2) is 0 Å². The van der Waals surface area contributed by atoms with Crippen LogP contribution >= 0.6 is 11.6 Å². The van der Waals surface area contributed by atoms with E-state index in [1.165, 1.54) is 0 Å². The minimum absolute atomic E-state index is 0.160. The van der Waals surface area contributed by atoms with Gasteiger partial charge in [-0.15, -0.1) is 0 Å². The first kappa shape index (κ1) is 18.0. The van der Waals surface area contributed by atoms with Crippen molar-refractivity contribution in [1.29, 1.82) is 0 Å². The molecule has 1 fully saturated rings. The van der Waals surface area contributed by atoms with Gasteiger partial charge in [0, 0.05) is 0 Å². The summed E-state index contributed by atoms with van der Waals surface area (Å²) in [6.45, 7) is 10.2. The normalized spacial score (nSPS) is 18.7. The molecule has 1 heterocycles. The average molecular weight is 322 g/mol. The zero-order valence-electron chi connectivity index (χ0n) is 13.3. The van der Waals surface area contributed by atoms with Crippen molar-refractivity contribution >= 4 is 23.7 Å². The van der Waals surface area contributed by atoms with Crippen molar-refractivity contribution in [2.24, 2.45) is 5.92 Å². The number of halogens is 1. The van der Waals surface area contributed by atoms with E-state index >= 15 is 0 Å². The van der Waals surface area contributed by atoms with Crippen LogP contribution < -0.4 is 0 Å². The Morgan fingerprint density at radius 1 is 1.33 bits per heavy atom. The highest BCUT2D eigenvalue weighted by atomic mass is 35.5. The minimum atomic E-state index is -0.510. The topological polar surface area (TPSA) is 65.1 Å². The van der Waals surface area contributed by atoms with Crippen LogP contribution in [-0.2, 0) is 19.0 Å². The van der Waals surface area contributed by atoms with Crippen LogP contribution in [0.4, 0.5) is 4.79 Å². The third-order valence-electron chi connectivity index (χ3n) is 2.98. The van der Waals surface area contributed by atoms with E-state index in [2.05, 4.69) is 0 Å². The fourth-order valence-corrected chi connectivity index (χ4v) is 2.01. The van der Waals surface area contributed by atoms with Gasteiger partial charge in [0.25, 0.3) is 0 Å². The zero-order valence-corrected chi connectivity index (χ0v) is 14.0. The average Bonchev–Trinajstić information content (AvgIpc) is 2.30. The first-order valence-electron chi connectivity index (χ1n) is 6.91. The summed E-state index contributed by atoms with van der Waals surface area (Å²) in [6.07, 6.45) is -0.349. The van der Waals surface area contributed by atoms with E-state index < -0.39 is 23.1 Å². The predicted molar refractivity (Wildman–Crippen MR) is 78.1 cm³/mol. The van der Waals surface area contributed by atoms with Crippen LogP contribution in [0.2, 0.25) is 0 Å². The Kier molecular flexibility index (Phi) is 5.87. The van der Waals surface area contributed by atoms with E-state index in [0.29, 0.717) is 13.1 Å². The van der Waals surface area contributed by atoms with Gasteiger partial charge in [-0.2, -0.15) is 0 Å². The Morgan fingerprint density at radius 3 is 2.38 bits per heavy atom. The number of hydrogen-bond acceptors (Lipinski definition) is 5. The molecule has 1 unspecified atom stereocenters. The first-order chi connectivity index (χ1) is 9.56. The number of carbonyl (C=O) groups is 2. The second-order valence-corrected chi connectivity index (χ2v) is 6.79. The maximum absolute atomic E-state index is 11.8. The zero-order chi connectivity index (χ0) is 16.3. The molecule has 0 spiro atoms. The second kappa shape index (κ2) is 6.83. The molecular formula is C14H24ClNO5. The van der Waals surface area contributed by atoms with E-state index in [0.717, 1.165) is 0 Å². The van der Waals surface area contributed by atoms with E-state index in [1.807, 2.05) is 27.7 Å².